The minimum Gasteiger partial charge on any atom is -0.379 e. The van der Waals surface area contributed by atoms with Gasteiger partial charge in [-0.1, -0.05) is 12.1 Å². The first-order valence-electron chi connectivity index (χ1n) is 8.77. The molecule has 1 N–H and O–H groups in total. The lowest BCUT2D eigenvalue weighted by atomic mass is 10.2. The maximum absolute atomic E-state index is 12.5. The first kappa shape index (κ1) is 22.6. The van der Waals surface area contributed by atoms with Crippen molar-refractivity contribution in [3.05, 3.63) is 29.8 Å². The molecule has 1 aliphatic rings. The second kappa shape index (κ2) is 9.68. The van der Waals surface area contributed by atoms with Crippen LogP contribution in [-0.2, 0) is 26.1 Å². The van der Waals surface area contributed by atoms with Gasteiger partial charge >= 0.3 is 6.18 Å². The molecular formula is C17H24F3N3O4S. The molecular weight excluding hydrogens is 399 g/mol. The molecule has 1 heterocycles. The van der Waals surface area contributed by atoms with Crippen LogP contribution in [0, 0.1) is 0 Å². The number of nitrogens with zero attached hydrogens (tertiary/aromatic N) is 2. The van der Waals surface area contributed by atoms with Gasteiger partial charge < -0.3 is 10.1 Å². The molecule has 1 amide bonds. The molecule has 0 aliphatic carbocycles. The Morgan fingerprint density at radius 3 is 2.39 bits per heavy atom. The Morgan fingerprint density at radius 1 is 1.21 bits per heavy atom. The number of sulfonamides is 1. The van der Waals surface area contributed by atoms with Crippen LogP contribution in [0.15, 0.2) is 29.2 Å². The molecule has 2 rings (SSSR count). The largest absolute Gasteiger partial charge is 0.390 e. The van der Waals surface area contributed by atoms with Crippen molar-refractivity contribution in [3.63, 3.8) is 0 Å². The number of carbonyl (C=O) groups excluding carboxylic acids is 1. The van der Waals surface area contributed by atoms with Gasteiger partial charge in [0.2, 0.25) is 15.9 Å². The molecule has 0 spiro atoms. The third-order valence-electron chi connectivity index (χ3n) is 4.21. The van der Waals surface area contributed by atoms with Crippen molar-refractivity contribution in [2.75, 3.05) is 46.4 Å². The van der Waals surface area contributed by atoms with Crippen LogP contribution in [0.5, 0.6) is 0 Å². The molecule has 0 unspecified atom stereocenters. The van der Waals surface area contributed by atoms with Crippen molar-refractivity contribution in [3.8, 4) is 0 Å². The number of alkyl halides is 3. The van der Waals surface area contributed by atoms with Gasteiger partial charge in [-0.15, -0.1) is 0 Å². The fourth-order valence-electron chi connectivity index (χ4n) is 2.61. The molecule has 28 heavy (non-hydrogen) atoms. The van der Waals surface area contributed by atoms with E-state index in [2.05, 4.69) is 5.32 Å². The summed E-state index contributed by atoms with van der Waals surface area (Å²) in [5, 5.41) is 2.61. The van der Waals surface area contributed by atoms with E-state index in [1.807, 2.05) is 0 Å². The Hall–Kier alpha value is -1.69. The first-order valence-corrected chi connectivity index (χ1v) is 10.2. The van der Waals surface area contributed by atoms with Gasteiger partial charge in [0.05, 0.1) is 31.1 Å². The van der Waals surface area contributed by atoms with Crippen LogP contribution in [0.1, 0.15) is 12.0 Å². The number of halogens is 3. The Labute approximate surface area is 162 Å². The van der Waals surface area contributed by atoms with Crippen LogP contribution >= 0.6 is 0 Å². The Balaban J connectivity index is 1.83. The van der Waals surface area contributed by atoms with E-state index in [0.717, 1.165) is 0 Å². The van der Waals surface area contributed by atoms with Crippen molar-refractivity contribution in [2.24, 2.45) is 0 Å². The van der Waals surface area contributed by atoms with Gasteiger partial charge in [-0.2, -0.15) is 17.5 Å². The summed E-state index contributed by atoms with van der Waals surface area (Å²) < 4.78 is 68.1. The molecule has 7 nitrogen and oxygen atoms in total. The summed E-state index contributed by atoms with van der Waals surface area (Å²) in [5.41, 5.74) is 0.687. The van der Waals surface area contributed by atoms with Crippen LogP contribution in [0.3, 0.4) is 0 Å². The molecule has 1 fully saturated rings. The third kappa shape index (κ3) is 7.04. The van der Waals surface area contributed by atoms with E-state index in [4.69, 9.17) is 4.74 Å². The van der Waals surface area contributed by atoms with E-state index in [1.165, 1.54) is 28.4 Å². The number of carbonyl (C=O) groups is 1. The molecule has 158 valence electrons. The van der Waals surface area contributed by atoms with Gasteiger partial charge in [0.1, 0.15) is 0 Å². The van der Waals surface area contributed by atoms with Crippen molar-refractivity contribution in [1.29, 1.82) is 0 Å². The minimum atomic E-state index is -4.26. The van der Waals surface area contributed by atoms with Gasteiger partial charge in [0.25, 0.3) is 0 Å². The standard InChI is InChI=1S/C17H24F3N3O4S/c1-22(7-6-17(18,19)20)13-16(24)21-12-14-2-4-15(5-3-14)28(25,26)23-8-10-27-11-9-23/h2-5H,6-13H2,1H3,(H,21,24). The summed E-state index contributed by atoms with van der Waals surface area (Å²) in [7, 11) is -2.14. The van der Waals surface area contributed by atoms with E-state index in [1.54, 1.807) is 12.1 Å². The Morgan fingerprint density at radius 2 is 1.82 bits per heavy atom. The fourth-order valence-corrected chi connectivity index (χ4v) is 4.02. The Kier molecular flexibility index (Phi) is 7.81. The number of rotatable bonds is 8. The van der Waals surface area contributed by atoms with Gasteiger partial charge in [0.15, 0.2) is 0 Å². The fraction of sp³-hybridized carbons (Fsp3) is 0.588. The maximum Gasteiger partial charge on any atom is 0.390 e. The average molecular weight is 423 g/mol. The lowest BCUT2D eigenvalue weighted by Crippen LogP contribution is -2.40. The van der Waals surface area contributed by atoms with Gasteiger partial charge in [-0.05, 0) is 24.7 Å². The summed E-state index contributed by atoms with van der Waals surface area (Å²) in [4.78, 5) is 13.3. The van der Waals surface area contributed by atoms with E-state index >= 15 is 0 Å². The maximum atomic E-state index is 12.5. The second-order valence-corrected chi connectivity index (χ2v) is 8.48. The molecule has 0 saturated carbocycles. The summed E-state index contributed by atoms with van der Waals surface area (Å²) in [6.07, 6.45) is -5.23. The number of amides is 1. The van der Waals surface area contributed by atoms with Gasteiger partial charge in [0, 0.05) is 26.2 Å². The van der Waals surface area contributed by atoms with Gasteiger partial charge in [-0.3, -0.25) is 9.69 Å². The summed E-state index contributed by atoms with van der Waals surface area (Å²) in [5.74, 6) is -0.408. The number of morpholine rings is 1. The first-order chi connectivity index (χ1) is 13.1. The second-order valence-electron chi connectivity index (χ2n) is 6.54. The summed E-state index contributed by atoms with van der Waals surface area (Å²) >= 11 is 0. The molecule has 1 aliphatic heterocycles. The number of ether oxygens (including phenoxy) is 1. The number of likely N-dealkylation sites (N-methyl/N-ethyl adjacent to an activating group) is 1. The third-order valence-corrected chi connectivity index (χ3v) is 6.12. The van der Waals surface area contributed by atoms with Gasteiger partial charge in [-0.25, -0.2) is 8.42 Å². The quantitative estimate of drug-likeness (QED) is 0.680. The lowest BCUT2D eigenvalue weighted by Gasteiger charge is -2.26. The number of hydrogen-bond donors (Lipinski definition) is 1. The molecule has 1 saturated heterocycles. The monoisotopic (exact) mass is 423 g/mol. The van der Waals surface area contributed by atoms with Crippen LogP contribution < -0.4 is 5.32 Å². The molecule has 11 heteroatoms. The minimum absolute atomic E-state index is 0.153. The zero-order valence-corrected chi connectivity index (χ0v) is 16.4. The van der Waals surface area contributed by atoms with Crippen LogP contribution in [-0.4, -0.2) is 76.1 Å². The van der Waals surface area contributed by atoms with E-state index in [9.17, 15) is 26.4 Å². The molecule has 0 bridgehead atoms. The predicted octanol–water partition coefficient (Wildman–Crippen LogP) is 1.21. The topological polar surface area (TPSA) is 79.0 Å². The van der Waals surface area contributed by atoms with Crippen LogP contribution in [0.25, 0.3) is 0 Å². The highest BCUT2D eigenvalue weighted by atomic mass is 32.2. The molecule has 1 aromatic carbocycles. The number of hydrogen-bond acceptors (Lipinski definition) is 5. The van der Waals surface area contributed by atoms with E-state index in [0.29, 0.717) is 31.9 Å². The SMILES string of the molecule is CN(CCC(F)(F)F)CC(=O)NCc1ccc(S(=O)(=O)N2CCOCC2)cc1. The van der Waals surface area contributed by atoms with Crippen LogP contribution in [0.4, 0.5) is 13.2 Å². The molecule has 0 atom stereocenters. The highest BCUT2D eigenvalue weighted by Gasteiger charge is 2.27. The van der Waals surface area contributed by atoms with Crippen molar-refractivity contribution >= 4 is 15.9 Å². The summed E-state index contributed by atoms with van der Waals surface area (Å²) in [6, 6.07) is 6.14. The highest BCUT2D eigenvalue weighted by Crippen LogP contribution is 2.19. The number of benzene rings is 1. The molecule has 0 aromatic heterocycles. The average Bonchev–Trinajstić information content (AvgIpc) is 2.65. The Bertz CT molecular complexity index is 748. The normalized spacial score (nSPS) is 16.3. The van der Waals surface area contributed by atoms with Crippen molar-refractivity contribution < 1.29 is 31.1 Å². The van der Waals surface area contributed by atoms with Crippen molar-refractivity contribution in [1.82, 2.24) is 14.5 Å². The zero-order valence-electron chi connectivity index (χ0n) is 15.5. The van der Waals surface area contributed by atoms with E-state index in [-0.39, 0.29) is 24.5 Å². The summed E-state index contributed by atoms with van der Waals surface area (Å²) in [6.45, 7) is 1.08. The highest BCUT2D eigenvalue weighted by molar-refractivity contribution is 7.89. The predicted molar refractivity (Wildman–Crippen MR) is 96.0 cm³/mol. The lowest BCUT2D eigenvalue weighted by molar-refractivity contribution is -0.139. The van der Waals surface area contributed by atoms with Crippen molar-refractivity contribution in [2.45, 2.75) is 24.0 Å². The smallest absolute Gasteiger partial charge is 0.379 e. The van der Waals surface area contributed by atoms with Crippen LogP contribution in [0.2, 0.25) is 0 Å². The zero-order chi connectivity index (χ0) is 20.8. The molecule has 1 aromatic rings. The van der Waals surface area contributed by atoms with E-state index < -0.39 is 28.5 Å². The number of nitrogens with one attached hydrogen (secondary N) is 1. The molecule has 0 radical (unpaired) electrons.